The fourth-order valence-electron chi connectivity index (χ4n) is 1.73. The third kappa shape index (κ3) is 3.25. The molecule has 0 bridgehead atoms. The van der Waals surface area contributed by atoms with Crippen molar-refractivity contribution in [3.63, 3.8) is 0 Å². The number of anilines is 1. The lowest BCUT2D eigenvalue weighted by atomic mass is 10.2. The Bertz CT molecular complexity index is 688. The number of rotatable bonds is 4. The molecule has 2 aromatic rings. The van der Waals surface area contributed by atoms with Crippen molar-refractivity contribution in [2.75, 3.05) is 12.3 Å². The average molecular weight is 261 g/mol. The second kappa shape index (κ2) is 5.43. The number of hydrogen-bond donors (Lipinski definition) is 2. The van der Waals surface area contributed by atoms with Gasteiger partial charge in [-0.3, -0.25) is 14.3 Å². The number of aromatic nitrogens is 2. The zero-order valence-electron chi connectivity index (χ0n) is 10.6. The SMILES string of the molecule is Cc1cccc(OCCn2c(N)cc(=O)[nH]c2=O)c1. The van der Waals surface area contributed by atoms with Gasteiger partial charge in [-0.25, -0.2) is 4.79 Å². The maximum atomic E-state index is 11.5. The number of nitrogen functional groups attached to an aromatic ring is 1. The van der Waals surface area contributed by atoms with Crippen LogP contribution in [-0.2, 0) is 6.54 Å². The van der Waals surface area contributed by atoms with Crippen LogP contribution in [0.2, 0.25) is 0 Å². The zero-order valence-corrected chi connectivity index (χ0v) is 10.6. The maximum absolute atomic E-state index is 11.5. The molecule has 2 rings (SSSR count). The van der Waals surface area contributed by atoms with Gasteiger partial charge in [0.2, 0.25) is 0 Å². The lowest BCUT2D eigenvalue weighted by molar-refractivity contribution is 0.296. The van der Waals surface area contributed by atoms with Gasteiger partial charge in [0.25, 0.3) is 5.56 Å². The second-order valence-corrected chi connectivity index (χ2v) is 4.18. The minimum atomic E-state index is -0.530. The molecule has 0 fully saturated rings. The van der Waals surface area contributed by atoms with Crippen LogP contribution in [0, 0.1) is 6.92 Å². The van der Waals surface area contributed by atoms with E-state index in [-0.39, 0.29) is 12.4 Å². The van der Waals surface area contributed by atoms with Crippen LogP contribution < -0.4 is 21.7 Å². The molecule has 6 heteroatoms. The van der Waals surface area contributed by atoms with Crippen LogP contribution >= 0.6 is 0 Å². The second-order valence-electron chi connectivity index (χ2n) is 4.18. The standard InChI is InChI=1S/C13H15N3O3/c1-9-3-2-4-10(7-9)19-6-5-16-11(14)8-12(17)15-13(16)18/h2-4,7-8H,5-6,14H2,1H3,(H,15,17,18). The Hall–Kier alpha value is -2.50. The molecule has 3 N–H and O–H groups in total. The van der Waals surface area contributed by atoms with Crippen molar-refractivity contribution in [2.45, 2.75) is 13.5 Å². The highest BCUT2D eigenvalue weighted by Crippen LogP contribution is 2.12. The number of ether oxygens (including phenoxy) is 1. The quantitative estimate of drug-likeness (QED) is 0.838. The predicted octanol–water partition coefficient (Wildman–Crippen LogP) is 0.506. The van der Waals surface area contributed by atoms with E-state index in [0.717, 1.165) is 11.3 Å². The first-order valence-electron chi connectivity index (χ1n) is 5.85. The summed E-state index contributed by atoms with van der Waals surface area (Å²) in [4.78, 5) is 24.7. The largest absolute Gasteiger partial charge is 0.492 e. The maximum Gasteiger partial charge on any atom is 0.330 e. The Morgan fingerprint density at radius 3 is 2.79 bits per heavy atom. The summed E-state index contributed by atoms with van der Waals surface area (Å²) in [6, 6.07) is 8.78. The van der Waals surface area contributed by atoms with Gasteiger partial charge in [0.15, 0.2) is 0 Å². The fourth-order valence-corrected chi connectivity index (χ4v) is 1.73. The van der Waals surface area contributed by atoms with Crippen LogP contribution in [0.4, 0.5) is 5.82 Å². The zero-order chi connectivity index (χ0) is 13.8. The van der Waals surface area contributed by atoms with Crippen LogP contribution in [0.15, 0.2) is 39.9 Å². The van der Waals surface area contributed by atoms with E-state index in [1.54, 1.807) is 0 Å². The first-order valence-corrected chi connectivity index (χ1v) is 5.85. The topological polar surface area (TPSA) is 90.1 Å². The number of nitrogens with one attached hydrogen (secondary N) is 1. The molecule has 6 nitrogen and oxygen atoms in total. The highest BCUT2D eigenvalue weighted by Gasteiger charge is 2.03. The smallest absolute Gasteiger partial charge is 0.330 e. The number of H-pyrrole nitrogens is 1. The number of aromatic amines is 1. The van der Waals surface area contributed by atoms with Gasteiger partial charge in [-0.2, -0.15) is 0 Å². The number of nitrogens with two attached hydrogens (primary N) is 1. The van der Waals surface area contributed by atoms with E-state index < -0.39 is 11.2 Å². The number of benzene rings is 1. The minimum absolute atomic E-state index is 0.126. The van der Waals surface area contributed by atoms with E-state index in [4.69, 9.17) is 10.5 Å². The van der Waals surface area contributed by atoms with E-state index in [1.165, 1.54) is 10.6 Å². The predicted molar refractivity (Wildman–Crippen MR) is 72.4 cm³/mol. The first kappa shape index (κ1) is 12.9. The normalized spacial score (nSPS) is 10.4. The van der Waals surface area contributed by atoms with Crippen LogP contribution in [-0.4, -0.2) is 16.2 Å². The molecule has 1 heterocycles. The van der Waals surface area contributed by atoms with Crippen molar-refractivity contribution in [1.29, 1.82) is 0 Å². The van der Waals surface area contributed by atoms with Gasteiger partial charge in [0.1, 0.15) is 18.2 Å². The summed E-state index contributed by atoms with van der Waals surface area (Å²) in [5.74, 6) is 0.859. The average Bonchev–Trinajstić information content (AvgIpc) is 2.32. The molecule has 1 aromatic heterocycles. The lowest BCUT2D eigenvalue weighted by Gasteiger charge is -2.10. The van der Waals surface area contributed by atoms with Crippen LogP contribution in [0.1, 0.15) is 5.56 Å². The fraction of sp³-hybridized carbons (Fsp3) is 0.231. The molecule has 0 aliphatic carbocycles. The van der Waals surface area contributed by atoms with Gasteiger partial charge < -0.3 is 10.5 Å². The van der Waals surface area contributed by atoms with Gasteiger partial charge in [-0.15, -0.1) is 0 Å². The molecule has 0 radical (unpaired) electrons. The van der Waals surface area contributed by atoms with E-state index in [0.29, 0.717) is 6.61 Å². The molecule has 0 atom stereocenters. The molecule has 0 amide bonds. The number of hydrogen-bond acceptors (Lipinski definition) is 4. The first-order chi connectivity index (χ1) is 9.06. The Kier molecular flexibility index (Phi) is 3.70. The van der Waals surface area contributed by atoms with Crippen molar-refractivity contribution in [3.05, 3.63) is 56.7 Å². The van der Waals surface area contributed by atoms with Gasteiger partial charge in [0.05, 0.1) is 6.54 Å². The summed E-state index contributed by atoms with van der Waals surface area (Å²) in [5.41, 5.74) is 5.68. The monoisotopic (exact) mass is 261 g/mol. The van der Waals surface area contributed by atoms with E-state index in [1.807, 2.05) is 31.2 Å². The lowest BCUT2D eigenvalue weighted by Crippen LogP contribution is -2.32. The summed E-state index contributed by atoms with van der Waals surface area (Å²) in [6.07, 6.45) is 0. The molecule has 0 aliphatic rings. The number of aryl methyl sites for hydroxylation is 1. The summed E-state index contributed by atoms with van der Waals surface area (Å²) in [5, 5.41) is 0. The van der Waals surface area contributed by atoms with Crippen molar-refractivity contribution in [3.8, 4) is 5.75 Å². The molecule has 100 valence electrons. The molecule has 0 unspecified atom stereocenters. The van der Waals surface area contributed by atoms with E-state index in [9.17, 15) is 9.59 Å². The van der Waals surface area contributed by atoms with Crippen molar-refractivity contribution in [2.24, 2.45) is 0 Å². The Balaban J connectivity index is 2.04. The van der Waals surface area contributed by atoms with Gasteiger partial charge in [0, 0.05) is 6.07 Å². The summed E-state index contributed by atoms with van der Waals surface area (Å²) >= 11 is 0. The highest BCUT2D eigenvalue weighted by atomic mass is 16.5. The van der Waals surface area contributed by atoms with Crippen molar-refractivity contribution in [1.82, 2.24) is 9.55 Å². The van der Waals surface area contributed by atoms with Crippen LogP contribution in [0.25, 0.3) is 0 Å². The van der Waals surface area contributed by atoms with Crippen molar-refractivity contribution < 1.29 is 4.74 Å². The molecule has 1 aromatic carbocycles. The van der Waals surface area contributed by atoms with Gasteiger partial charge >= 0.3 is 5.69 Å². The van der Waals surface area contributed by atoms with Crippen LogP contribution in [0.3, 0.4) is 0 Å². The van der Waals surface area contributed by atoms with E-state index in [2.05, 4.69) is 4.98 Å². The molecular formula is C13H15N3O3. The Morgan fingerprint density at radius 1 is 1.32 bits per heavy atom. The van der Waals surface area contributed by atoms with E-state index >= 15 is 0 Å². The van der Waals surface area contributed by atoms with Crippen molar-refractivity contribution >= 4 is 5.82 Å². The van der Waals surface area contributed by atoms with Gasteiger partial charge in [-0.05, 0) is 24.6 Å². The molecule has 0 saturated carbocycles. The molecular weight excluding hydrogens is 246 g/mol. The minimum Gasteiger partial charge on any atom is -0.492 e. The summed E-state index contributed by atoms with van der Waals surface area (Å²) in [6.45, 7) is 2.53. The van der Waals surface area contributed by atoms with Crippen LogP contribution in [0.5, 0.6) is 5.75 Å². The molecule has 19 heavy (non-hydrogen) atoms. The highest BCUT2D eigenvalue weighted by molar-refractivity contribution is 5.28. The number of nitrogens with zero attached hydrogens (tertiary/aromatic N) is 1. The summed E-state index contributed by atoms with van der Waals surface area (Å²) in [7, 11) is 0. The Morgan fingerprint density at radius 2 is 2.11 bits per heavy atom. The molecule has 0 aliphatic heterocycles. The molecule has 0 spiro atoms. The Labute approximate surface area is 109 Å². The van der Waals surface area contributed by atoms with Gasteiger partial charge in [-0.1, -0.05) is 12.1 Å². The third-order valence-corrected chi connectivity index (χ3v) is 2.64. The third-order valence-electron chi connectivity index (χ3n) is 2.64. The molecule has 0 saturated heterocycles. The summed E-state index contributed by atoms with van der Waals surface area (Å²) < 4.78 is 6.78.